The van der Waals surface area contributed by atoms with Gasteiger partial charge in [-0.1, -0.05) is 20.8 Å². The van der Waals surface area contributed by atoms with Gasteiger partial charge in [-0.2, -0.15) is 5.26 Å². The highest BCUT2D eigenvalue weighted by Crippen LogP contribution is 2.17. The number of rotatable bonds is 7. The van der Waals surface area contributed by atoms with Crippen molar-refractivity contribution >= 4 is 12.0 Å². The molecule has 1 aromatic heterocycles. The van der Waals surface area contributed by atoms with Crippen molar-refractivity contribution in [3.05, 3.63) is 29.1 Å². The van der Waals surface area contributed by atoms with Crippen LogP contribution in [0.3, 0.4) is 0 Å². The number of nitriles is 1. The Morgan fingerprint density at radius 1 is 1.45 bits per heavy atom. The summed E-state index contributed by atoms with van der Waals surface area (Å²) in [5.41, 5.74) is 3.38. The molecule has 0 radical (unpaired) electrons. The van der Waals surface area contributed by atoms with E-state index in [9.17, 15) is 4.79 Å². The summed E-state index contributed by atoms with van der Waals surface area (Å²) in [7, 11) is 0. The van der Waals surface area contributed by atoms with Gasteiger partial charge in [-0.15, -0.1) is 0 Å². The van der Waals surface area contributed by atoms with Crippen molar-refractivity contribution in [1.29, 1.82) is 5.26 Å². The second kappa shape index (κ2) is 8.43. The molecule has 0 aliphatic heterocycles. The molecule has 0 saturated heterocycles. The second-order valence-electron chi connectivity index (χ2n) is 5.89. The monoisotopic (exact) mass is 302 g/mol. The lowest BCUT2D eigenvalue weighted by molar-refractivity contribution is -0.144. The number of aromatic nitrogens is 1. The molecule has 22 heavy (non-hydrogen) atoms. The summed E-state index contributed by atoms with van der Waals surface area (Å²) in [6, 6.07) is 4.13. The largest absolute Gasteiger partial charge is 0.458 e. The number of hydrogen-bond donors (Lipinski definition) is 0. The average Bonchev–Trinajstić information content (AvgIpc) is 2.72. The Balaban J connectivity index is 2.78. The van der Waals surface area contributed by atoms with Crippen molar-refractivity contribution in [3.8, 4) is 6.07 Å². The van der Waals surface area contributed by atoms with Gasteiger partial charge in [-0.05, 0) is 43.9 Å². The highest BCUT2D eigenvalue weighted by Gasteiger charge is 2.16. The van der Waals surface area contributed by atoms with Gasteiger partial charge in [-0.3, -0.25) is 0 Å². The molecule has 0 aliphatic carbocycles. The van der Waals surface area contributed by atoms with Gasteiger partial charge in [0.15, 0.2) is 0 Å². The Hall–Kier alpha value is -2.02. The molecule has 0 N–H and O–H groups in total. The second-order valence-corrected chi connectivity index (χ2v) is 5.89. The Morgan fingerprint density at radius 3 is 2.68 bits per heavy atom. The van der Waals surface area contributed by atoms with Gasteiger partial charge in [0.2, 0.25) is 0 Å². The fourth-order valence-electron chi connectivity index (χ4n) is 2.41. The first kappa shape index (κ1) is 18.0. The third-order valence-corrected chi connectivity index (χ3v) is 3.76. The molecular formula is C18H26N2O2. The predicted molar refractivity (Wildman–Crippen MR) is 88.2 cm³/mol. The lowest BCUT2D eigenvalue weighted by Crippen LogP contribution is -2.22. The van der Waals surface area contributed by atoms with E-state index in [0.717, 1.165) is 24.2 Å². The van der Waals surface area contributed by atoms with Crippen LogP contribution in [0.2, 0.25) is 0 Å². The van der Waals surface area contributed by atoms with E-state index in [4.69, 9.17) is 10.00 Å². The van der Waals surface area contributed by atoms with Gasteiger partial charge in [-0.25, -0.2) is 4.79 Å². The molecule has 1 aromatic rings. The average molecular weight is 302 g/mol. The zero-order valence-electron chi connectivity index (χ0n) is 14.2. The maximum absolute atomic E-state index is 11.9. The van der Waals surface area contributed by atoms with Crippen molar-refractivity contribution in [2.75, 3.05) is 0 Å². The summed E-state index contributed by atoms with van der Waals surface area (Å²) in [5.74, 6) is -0.263. The topological polar surface area (TPSA) is 55.0 Å². The van der Waals surface area contributed by atoms with Crippen LogP contribution in [0.5, 0.6) is 0 Å². The Bertz CT molecular complexity index is 577. The molecule has 1 unspecified atom stereocenters. The highest BCUT2D eigenvalue weighted by molar-refractivity contribution is 5.87. The van der Waals surface area contributed by atoms with Crippen molar-refractivity contribution in [3.63, 3.8) is 0 Å². The molecule has 1 heterocycles. The summed E-state index contributed by atoms with van der Waals surface area (Å²) >= 11 is 0. The quantitative estimate of drug-likeness (QED) is 0.565. The van der Waals surface area contributed by atoms with E-state index in [1.807, 2.05) is 13.8 Å². The Labute approximate surface area is 133 Å². The highest BCUT2D eigenvalue weighted by atomic mass is 16.5. The van der Waals surface area contributed by atoms with Crippen LogP contribution >= 0.6 is 0 Å². The number of nitrogens with zero attached hydrogens (tertiary/aromatic N) is 2. The third-order valence-electron chi connectivity index (χ3n) is 3.76. The minimum Gasteiger partial charge on any atom is -0.458 e. The SMILES string of the molecule is CCCn1c(C)cc(/C=C/C(=O)OC(CC#N)C(C)C)c1C. The maximum Gasteiger partial charge on any atom is 0.331 e. The molecule has 4 nitrogen and oxygen atoms in total. The van der Waals surface area contributed by atoms with Crippen LogP contribution in [0.4, 0.5) is 0 Å². The minimum absolute atomic E-state index is 0.131. The van der Waals surface area contributed by atoms with Gasteiger partial charge >= 0.3 is 5.97 Å². The smallest absolute Gasteiger partial charge is 0.331 e. The van der Waals surface area contributed by atoms with Gasteiger partial charge in [0, 0.05) is 24.0 Å². The Kier molecular flexibility index (Phi) is 6.91. The molecule has 0 bridgehead atoms. The van der Waals surface area contributed by atoms with E-state index in [1.54, 1.807) is 6.08 Å². The van der Waals surface area contributed by atoms with Crippen molar-refractivity contribution < 1.29 is 9.53 Å². The summed E-state index contributed by atoms with van der Waals surface area (Å²) in [6.45, 7) is 11.1. The lowest BCUT2D eigenvalue weighted by Gasteiger charge is -2.17. The maximum atomic E-state index is 11.9. The number of aryl methyl sites for hydroxylation is 1. The van der Waals surface area contributed by atoms with Crippen LogP contribution in [0, 0.1) is 31.1 Å². The zero-order valence-corrected chi connectivity index (χ0v) is 14.2. The number of hydrogen-bond acceptors (Lipinski definition) is 3. The van der Waals surface area contributed by atoms with Crippen LogP contribution < -0.4 is 0 Å². The van der Waals surface area contributed by atoms with Gasteiger partial charge in [0.05, 0.1) is 12.5 Å². The van der Waals surface area contributed by atoms with Crippen molar-refractivity contribution in [2.24, 2.45) is 5.92 Å². The molecular weight excluding hydrogens is 276 g/mol. The van der Waals surface area contributed by atoms with Crippen LogP contribution in [0.1, 0.15) is 50.6 Å². The third kappa shape index (κ3) is 4.77. The van der Waals surface area contributed by atoms with E-state index in [0.29, 0.717) is 0 Å². The number of carbonyl (C=O) groups excluding carboxylic acids is 1. The molecule has 120 valence electrons. The fraction of sp³-hybridized carbons (Fsp3) is 0.556. The molecule has 0 aromatic carbocycles. The molecule has 0 amide bonds. The van der Waals surface area contributed by atoms with Gasteiger partial charge in [0.25, 0.3) is 0 Å². The van der Waals surface area contributed by atoms with E-state index in [-0.39, 0.29) is 18.4 Å². The Morgan fingerprint density at radius 2 is 2.14 bits per heavy atom. The first-order chi connectivity index (χ1) is 10.4. The first-order valence-electron chi connectivity index (χ1n) is 7.83. The molecule has 1 rings (SSSR count). The van der Waals surface area contributed by atoms with Crippen LogP contribution in [-0.4, -0.2) is 16.6 Å². The van der Waals surface area contributed by atoms with Crippen LogP contribution in [-0.2, 0) is 16.1 Å². The van der Waals surface area contributed by atoms with E-state index >= 15 is 0 Å². The molecule has 0 fully saturated rings. The summed E-state index contributed by atoms with van der Waals surface area (Å²) in [5, 5.41) is 8.76. The first-order valence-corrected chi connectivity index (χ1v) is 7.83. The molecule has 1 atom stereocenters. The standard InChI is InChI=1S/C18H26N2O2/c1-6-11-20-14(4)12-16(15(20)5)7-8-18(21)22-17(9-10-19)13(2)3/h7-8,12-13,17H,6,9,11H2,1-5H3/b8-7+. The lowest BCUT2D eigenvalue weighted by atomic mass is 10.1. The van der Waals surface area contributed by atoms with E-state index < -0.39 is 5.97 Å². The molecule has 0 spiro atoms. The van der Waals surface area contributed by atoms with Crippen molar-refractivity contribution in [2.45, 2.75) is 60.1 Å². The summed E-state index contributed by atoms with van der Waals surface area (Å²) in [6.07, 6.45) is 4.19. The molecule has 0 saturated carbocycles. The minimum atomic E-state index is -0.394. The molecule has 4 heteroatoms. The fourth-order valence-corrected chi connectivity index (χ4v) is 2.41. The van der Waals surface area contributed by atoms with E-state index in [1.165, 1.54) is 11.8 Å². The van der Waals surface area contributed by atoms with Crippen molar-refractivity contribution in [1.82, 2.24) is 4.57 Å². The van der Waals surface area contributed by atoms with Gasteiger partial charge in [0.1, 0.15) is 6.10 Å². The summed E-state index contributed by atoms with van der Waals surface area (Å²) < 4.78 is 7.59. The predicted octanol–water partition coefficient (Wildman–Crippen LogP) is 4.01. The van der Waals surface area contributed by atoms with Gasteiger partial charge < -0.3 is 9.30 Å². The number of esters is 1. The zero-order chi connectivity index (χ0) is 16.7. The van der Waals surface area contributed by atoms with Crippen LogP contribution in [0.15, 0.2) is 12.1 Å². The number of ether oxygens (including phenoxy) is 1. The van der Waals surface area contributed by atoms with E-state index in [2.05, 4.69) is 37.5 Å². The van der Waals surface area contributed by atoms with Crippen LogP contribution in [0.25, 0.3) is 6.08 Å². The normalized spacial score (nSPS) is 12.6. The molecule has 0 aliphatic rings. The number of carbonyl (C=O) groups is 1. The summed E-state index contributed by atoms with van der Waals surface area (Å²) in [4.78, 5) is 11.9.